The lowest BCUT2D eigenvalue weighted by atomic mass is 10.0. The number of methoxy groups -OCH3 is 1. The minimum atomic E-state index is -2.70. The van der Waals surface area contributed by atoms with Gasteiger partial charge in [-0.3, -0.25) is 0 Å². The van der Waals surface area contributed by atoms with Gasteiger partial charge in [-0.05, 0) is 25.7 Å². The molecule has 0 aliphatic heterocycles. The smallest absolute Gasteiger partial charge is 0.345 e. The number of hydrogen-bond donors (Lipinski definition) is 0. The van der Waals surface area contributed by atoms with Gasteiger partial charge in [0.05, 0.1) is 6.10 Å². The Kier molecular flexibility index (Phi) is 8.52. The van der Waals surface area contributed by atoms with Crippen molar-refractivity contribution < 1.29 is 18.3 Å². The minimum Gasteiger partial charge on any atom is -0.384 e. The van der Waals surface area contributed by atoms with Crippen LogP contribution in [0.2, 0.25) is 0 Å². The maximum atomic E-state index is 12.1. The Hall–Kier alpha value is -0.480. The molecule has 0 aliphatic carbocycles. The van der Waals surface area contributed by atoms with Crippen LogP contribution in [-0.2, 0) is 9.47 Å². The zero-order valence-electron chi connectivity index (χ0n) is 9.58. The van der Waals surface area contributed by atoms with Crippen molar-refractivity contribution in [2.24, 2.45) is 5.92 Å². The summed E-state index contributed by atoms with van der Waals surface area (Å²) in [5.74, 6) is 0.226. The average molecular weight is 222 g/mol. The summed E-state index contributed by atoms with van der Waals surface area (Å²) >= 11 is 0. The van der Waals surface area contributed by atoms with Gasteiger partial charge in [0.1, 0.15) is 0 Å². The van der Waals surface area contributed by atoms with Crippen molar-refractivity contribution in [3.63, 3.8) is 0 Å². The van der Waals surface area contributed by atoms with Crippen LogP contribution in [0.3, 0.4) is 0 Å². The van der Waals surface area contributed by atoms with E-state index in [1.54, 1.807) is 7.11 Å². The lowest BCUT2D eigenvalue weighted by Crippen LogP contribution is -2.20. The molecule has 0 N–H and O–H groups in total. The fraction of sp³-hybridized carbons (Fsp3) is 0.818. The maximum Gasteiger partial charge on any atom is 0.345 e. The molecule has 0 saturated heterocycles. The van der Waals surface area contributed by atoms with Gasteiger partial charge in [-0.15, -0.1) is 0 Å². The second kappa shape index (κ2) is 8.80. The molecule has 0 spiro atoms. The van der Waals surface area contributed by atoms with E-state index in [1.807, 2.05) is 26.0 Å². The van der Waals surface area contributed by atoms with Crippen LogP contribution in [0.25, 0.3) is 0 Å². The van der Waals surface area contributed by atoms with E-state index >= 15 is 0 Å². The van der Waals surface area contributed by atoms with Gasteiger partial charge in [0.2, 0.25) is 0 Å². The highest BCUT2D eigenvalue weighted by molar-refractivity contribution is 4.81. The molecule has 15 heavy (non-hydrogen) atoms. The fourth-order valence-corrected chi connectivity index (χ4v) is 1.44. The first kappa shape index (κ1) is 14.5. The van der Waals surface area contributed by atoms with Crippen LogP contribution < -0.4 is 0 Å². The van der Waals surface area contributed by atoms with Crippen LogP contribution in [0.4, 0.5) is 8.78 Å². The van der Waals surface area contributed by atoms with Crippen LogP contribution >= 0.6 is 0 Å². The molecule has 2 atom stereocenters. The van der Waals surface area contributed by atoms with Crippen LogP contribution in [0.1, 0.15) is 26.7 Å². The third-order valence-corrected chi connectivity index (χ3v) is 2.05. The van der Waals surface area contributed by atoms with Gasteiger partial charge in [0, 0.05) is 13.7 Å². The molecule has 0 aliphatic rings. The molecule has 0 heterocycles. The van der Waals surface area contributed by atoms with E-state index in [2.05, 4.69) is 4.74 Å². The van der Waals surface area contributed by atoms with E-state index in [0.717, 1.165) is 0 Å². The number of ether oxygens (including phenoxy) is 2. The number of halogens is 2. The van der Waals surface area contributed by atoms with Crippen molar-refractivity contribution in [3.8, 4) is 0 Å². The fourth-order valence-electron chi connectivity index (χ4n) is 1.44. The largest absolute Gasteiger partial charge is 0.384 e. The summed E-state index contributed by atoms with van der Waals surface area (Å²) < 4.78 is 33.6. The maximum absolute atomic E-state index is 12.1. The molecule has 90 valence electrons. The monoisotopic (exact) mass is 222 g/mol. The Morgan fingerprint density at radius 2 is 2.00 bits per heavy atom. The Morgan fingerprint density at radius 3 is 2.47 bits per heavy atom. The van der Waals surface area contributed by atoms with Gasteiger partial charge in [-0.25, -0.2) is 0 Å². The molecule has 0 amide bonds. The quantitative estimate of drug-likeness (QED) is 0.587. The summed E-state index contributed by atoms with van der Waals surface area (Å²) in [6.07, 6.45) is 4.36. The van der Waals surface area contributed by atoms with Crippen LogP contribution in [0.5, 0.6) is 0 Å². The Labute approximate surface area is 90.3 Å². The summed E-state index contributed by atoms with van der Waals surface area (Å²) in [4.78, 5) is 0. The van der Waals surface area contributed by atoms with E-state index in [-0.39, 0.29) is 5.92 Å². The molecule has 0 aromatic carbocycles. The van der Waals surface area contributed by atoms with E-state index < -0.39 is 12.7 Å². The van der Waals surface area contributed by atoms with Gasteiger partial charge in [0.15, 0.2) is 0 Å². The molecule has 0 bridgehead atoms. The highest BCUT2D eigenvalue weighted by Gasteiger charge is 2.16. The highest BCUT2D eigenvalue weighted by Crippen LogP contribution is 2.16. The van der Waals surface area contributed by atoms with Crippen molar-refractivity contribution in [3.05, 3.63) is 12.2 Å². The second-order valence-corrected chi connectivity index (χ2v) is 3.62. The molecule has 0 rings (SSSR count). The summed E-state index contributed by atoms with van der Waals surface area (Å²) in [6, 6.07) is 0. The number of rotatable bonds is 8. The summed E-state index contributed by atoms with van der Waals surface area (Å²) in [5, 5.41) is 0. The van der Waals surface area contributed by atoms with Crippen LogP contribution in [0, 0.1) is 5.92 Å². The molecule has 0 saturated carbocycles. The van der Waals surface area contributed by atoms with Gasteiger partial charge in [-0.1, -0.05) is 19.1 Å². The van der Waals surface area contributed by atoms with Gasteiger partial charge >= 0.3 is 6.61 Å². The highest BCUT2D eigenvalue weighted by atomic mass is 19.3. The van der Waals surface area contributed by atoms with Crippen molar-refractivity contribution in [1.29, 1.82) is 0 Å². The standard InChI is InChI=1S/C11H20F2O2/c1-4-5-6-10(15-11(12)13)7-9(2)8-14-3/h4-5,9-11H,6-8H2,1-3H3/b5-4+/t9-,10-/m1/s1. The summed E-state index contributed by atoms with van der Waals surface area (Å²) in [5.41, 5.74) is 0. The third kappa shape index (κ3) is 8.51. The second-order valence-electron chi connectivity index (χ2n) is 3.62. The van der Waals surface area contributed by atoms with Crippen LogP contribution in [0.15, 0.2) is 12.2 Å². The lowest BCUT2D eigenvalue weighted by Gasteiger charge is -2.19. The zero-order chi connectivity index (χ0) is 11.7. The lowest BCUT2D eigenvalue weighted by molar-refractivity contribution is -0.166. The SMILES string of the molecule is C/C=C/C[C@H](C[C@@H](C)COC)OC(F)F. The molecule has 0 radical (unpaired) electrons. The van der Waals surface area contributed by atoms with Gasteiger partial charge in [0.25, 0.3) is 0 Å². The summed E-state index contributed by atoms with van der Waals surface area (Å²) in [6.45, 7) is 1.69. The predicted molar refractivity (Wildman–Crippen MR) is 56.0 cm³/mol. The van der Waals surface area contributed by atoms with Gasteiger partial charge < -0.3 is 9.47 Å². The van der Waals surface area contributed by atoms with Gasteiger partial charge in [-0.2, -0.15) is 8.78 Å². The first-order valence-electron chi connectivity index (χ1n) is 5.13. The van der Waals surface area contributed by atoms with Crippen molar-refractivity contribution in [2.45, 2.75) is 39.4 Å². The van der Waals surface area contributed by atoms with Crippen molar-refractivity contribution in [1.82, 2.24) is 0 Å². The van der Waals surface area contributed by atoms with E-state index in [4.69, 9.17) is 4.74 Å². The Balaban J connectivity index is 3.98. The molecule has 0 aromatic rings. The van der Waals surface area contributed by atoms with E-state index in [0.29, 0.717) is 19.4 Å². The van der Waals surface area contributed by atoms with E-state index in [9.17, 15) is 8.78 Å². The molecule has 0 fully saturated rings. The Bertz CT molecular complexity index is 172. The summed E-state index contributed by atoms with van der Waals surface area (Å²) in [7, 11) is 1.60. The predicted octanol–water partition coefficient (Wildman–Crippen LogP) is 3.23. The first-order valence-corrected chi connectivity index (χ1v) is 5.13. The van der Waals surface area contributed by atoms with Crippen molar-refractivity contribution in [2.75, 3.05) is 13.7 Å². The van der Waals surface area contributed by atoms with Crippen molar-refractivity contribution >= 4 is 0 Å². The average Bonchev–Trinajstić information content (AvgIpc) is 2.13. The normalized spacial score (nSPS) is 16.1. The van der Waals surface area contributed by atoms with Crippen LogP contribution in [-0.4, -0.2) is 26.4 Å². The number of alkyl halides is 2. The molecular formula is C11H20F2O2. The number of hydrogen-bond acceptors (Lipinski definition) is 2. The third-order valence-electron chi connectivity index (χ3n) is 2.05. The molecule has 0 unspecified atom stereocenters. The molecular weight excluding hydrogens is 202 g/mol. The molecule has 2 nitrogen and oxygen atoms in total. The zero-order valence-corrected chi connectivity index (χ0v) is 9.58. The topological polar surface area (TPSA) is 18.5 Å². The number of allylic oxidation sites excluding steroid dienone is 1. The Morgan fingerprint density at radius 1 is 1.33 bits per heavy atom. The van der Waals surface area contributed by atoms with E-state index in [1.165, 1.54) is 0 Å². The minimum absolute atomic E-state index is 0.226. The molecule has 4 heteroatoms. The molecule has 0 aromatic heterocycles. The first-order chi connectivity index (χ1) is 7.10.